The summed E-state index contributed by atoms with van der Waals surface area (Å²) < 4.78 is 54.9. The number of alkyl halides is 3. The second kappa shape index (κ2) is 13.5. The molecule has 0 spiro atoms. The van der Waals surface area contributed by atoms with Crippen molar-refractivity contribution >= 4 is 46.2 Å². The van der Waals surface area contributed by atoms with Gasteiger partial charge in [0.25, 0.3) is 0 Å². The number of aryl methyl sites for hydroxylation is 1. The summed E-state index contributed by atoms with van der Waals surface area (Å²) in [5.74, 6) is 0.599. The fourth-order valence-electron chi connectivity index (χ4n) is 6.77. The molecule has 0 aliphatic carbocycles. The number of nitriles is 1. The van der Waals surface area contributed by atoms with E-state index >= 15 is 0 Å². The average Bonchev–Trinajstić information content (AvgIpc) is 3.60. The molecule has 1 unspecified atom stereocenters. The largest absolute Gasteiger partial charge is 0.431 e. The number of likely N-dealkylation sites (tertiary alicyclic amines) is 1. The first-order valence-corrected chi connectivity index (χ1v) is 18.2. The van der Waals surface area contributed by atoms with Crippen LogP contribution in [0.1, 0.15) is 41.5 Å². The number of hydrogen-bond acceptors (Lipinski definition) is 8. The molecule has 2 aliphatic rings. The number of piperazine rings is 1. The normalized spacial score (nSPS) is 18.7. The molecule has 2 atom stereocenters. The Hall–Kier alpha value is -3.14. The Balaban J connectivity index is 1.08. The first kappa shape index (κ1) is 32.8. The van der Waals surface area contributed by atoms with Gasteiger partial charge in [-0.15, -0.1) is 11.3 Å². The summed E-state index contributed by atoms with van der Waals surface area (Å²) in [6.45, 7) is 12.7. The number of rotatable bonds is 9. The summed E-state index contributed by atoms with van der Waals surface area (Å²) in [6, 6.07) is 10.7. The van der Waals surface area contributed by atoms with Gasteiger partial charge in [0, 0.05) is 67.1 Å². The van der Waals surface area contributed by atoms with Gasteiger partial charge in [-0.25, -0.2) is 9.97 Å². The summed E-state index contributed by atoms with van der Waals surface area (Å²) >= 11 is 1.07. The van der Waals surface area contributed by atoms with E-state index in [0.717, 1.165) is 87.4 Å². The Labute approximate surface area is 271 Å². The number of aromatic nitrogens is 3. The second-order valence-corrected chi connectivity index (χ2v) is 15.1. The highest BCUT2D eigenvalue weighted by Gasteiger charge is 2.31. The van der Waals surface area contributed by atoms with E-state index in [4.69, 9.17) is 0 Å². The third kappa shape index (κ3) is 7.21. The van der Waals surface area contributed by atoms with Crippen LogP contribution in [0.3, 0.4) is 0 Å². The molecule has 0 amide bonds. The van der Waals surface area contributed by atoms with Gasteiger partial charge in [0.1, 0.15) is 28.7 Å². The Morgan fingerprint density at radius 1 is 1.11 bits per heavy atom. The number of hydrogen-bond donors (Lipinski definition) is 1. The monoisotopic (exact) mass is 671 g/mol. The molecular weight excluding hydrogens is 632 g/mol. The number of piperidine rings is 1. The molecule has 2 fully saturated rings. The Bertz CT molecular complexity index is 1770. The standard InChI is InChI=1S/C32H39F3N8OPS/c1-21(41-10-12-42(13-11-41)45(3)44)18-43-25(17-36)14-27-22(2)23(4-5-29(27)43)19-40-8-6-24(7-9-40)39-30-28-15-26(16-32(33,34)35)46-31(28)38-20-37-30/h4-5,14-15,20-21,24H,6-13,16,18-19H2,1-3H3,(H,37,38,39)/q+1/t21-/m0/s1. The number of nitrogens with zero attached hydrogens (tertiary/aromatic N) is 7. The van der Waals surface area contributed by atoms with Crippen LogP contribution in [-0.4, -0.2) is 93.2 Å². The van der Waals surface area contributed by atoms with Gasteiger partial charge >= 0.3 is 14.1 Å². The van der Waals surface area contributed by atoms with E-state index in [2.05, 4.69) is 61.7 Å². The highest BCUT2D eigenvalue weighted by atomic mass is 32.1. The van der Waals surface area contributed by atoms with Crippen molar-refractivity contribution in [3.63, 3.8) is 0 Å². The van der Waals surface area contributed by atoms with Crippen LogP contribution in [0.5, 0.6) is 0 Å². The SMILES string of the molecule is Cc1c(CN2CCC(Nc3ncnc4sc(CC(F)(F)F)cc34)CC2)ccc2c1cc(C#N)n2C[C@H](C)N1CCN([P+](C)=O)CC1. The number of benzene rings is 1. The zero-order valence-electron chi connectivity index (χ0n) is 26.3. The number of thiophene rings is 1. The molecule has 9 nitrogen and oxygen atoms in total. The van der Waals surface area contributed by atoms with Crippen molar-refractivity contribution in [1.29, 1.82) is 5.26 Å². The quantitative estimate of drug-likeness (QED) is 0.205. The molecule has 4 aromatic rings. The lowest BCUT2D eigenvalue weighted by Crippen LogP contribution is -2.48. The average molecular weight is 672 g/mol. The fraction of sp³-hybridized carbons (Fsp3) is 0.531. The van der Waals surface area contributed by atoms with E-state index in [1.54, 1.807) is 12.7 Å². The second-order valence-electron chi connectivity index (χ2n) is 12.5. The maximum atomic E-state index is 12.9. The van der Waals surface area contributed by atoms with Gasteiger partial charge in [-0.2, -0.15) is 18.4 Å². The van der Waals surface area contributed by atoms with Gasteiger partial charge in [0.15, 0.2) is 6.66 Å². The summed E-state index contributed by atoms with van der Waals surface area (Å²) in [4.78, 5) is 14.2. The topological polar surface area (TPSA) is 93.3 Å². The maximum Gasteiger partial charge on any atom is 0.431 e. The van der Waals surface area contributed by atoms with Gasteiger partial charge in [0.05, 0.1) is 24.9 Å². The lowest BCUT2D eigenvalue weighted by atomic mass is 10.0. The Morgan fingerprint density at radius 2 is 1.85 bits per heavy atom. The minimum absolute atomic E-state index is 0.172. The number of anilines is 1. The molecule has 6 rings (SSSR count). The van der Waals surface area contributed by atoms with Crippen molar-refractivity contribution in [1.82, 2.24) is 29.0 Å². The predicted octanol–water partition coefficient (Wildman–Crippen LogP) is 6.39. The number of fused-ring (bicyclic) bond motifs is 2. The van der Waals surface area contributed by atoms with Crippen LogP contribution < -0.4 is 5.32 Å². The van der Waals surface area contributed by atoms with E-state index in [-0.39, 0.29) is 17.0 Å². The molecule has 46 heavy (non-hydrogen) atoms. The van der Waals surface area contributed by atoms with Crippen molar-refractivity contribution in [3.8, 4) is 6.07 Å². The van der Waals surface area contributed by atoms with Crippen LogP contribution in [0.2, 0.25) is 0 Å². The van der Waals surface area contributed by atoms with Crippen LogP contribution in [0.25, 0.3) is 21.1 Å². The molecule has 14 heteroatoms. The molecule has 0 saturated carbocycles. The molecule has 2 aliphatic heterocycles. The summed E-state index contributed by atoms with van der Waals surface area (Å²) in [6.07, 6.45) is -2.02. The first-order valence-electron chi connectivity index (χ1n) is 15.7. The fourth-order valence-corrected chi connectivity index (χ4v) is 8.54. The van der Waals surface area contributed by atoms with Crippen molar-refractivity contribution in [2.45, 2.75) is 64.5 Å². The minimum Gasteiger partial charge on any atom is -0.367 e. The molecule has 2 saturated heterocycles. The van der Waals surface area contributed by atoms with Crippen LogP contribution in [0, 0.1) is 18.3 Å². The predicted molar refractivity (Wildman–Crippen MR) is 177 cm³/mol. The third-order valence-electron chi connectivity index (χ3n) is 9.42. The van der Waals surface area contributed by atoms with Gasteiger partial charge in [-0.3, -0.25) is 9.80 Å². The molecule has 0 bridgehead atoms. The highest BCUT2D eigenvalue weighted by molar-refractivity contribution is 7.41. The lowest BCUT2D eigenvalue weighted by molar-refractivity contribution is -0.126. The van der Waals surface area contributed by atoms with E-state index in [0.29, 0.717) is 21.7 Å². The number of nitrogens with one attached hydrogen (secondary N) is 1. The summed E-state index contributed by atoms with van der Waals surface area (Å²) in [5, 5.41) is 15.2. The molecule has 1 aromatic carbocycles. The molecule has 0 radical (unpaired) electrons. The molecular formula is C32H39F3N8OPS+. The third-order valence-corrected chi connectivity index (χ3v) is 11.7. The van der Waals surface area contributed by atoms with Gasteiger partial charge in [-0.1, -0.05) is 15.3 Å². The Kier molecular flexibility index (Phi) is 9.65. The van der Waals surface area contributed by atoms with Crippen LogP contribution in [0.15, 0.2) is 30.6 Å². The van der Waals surface area contributed by atoms with Crippen molar-refractivity contribution < 1.29 is 17.7 Å². The summed E-state index contributed by atoms with van der Waals surface area (Å²) in [5.41, 5.74) is 4.17. The van der Waals surface area contributed by atoms with Gasteiger partial charge in [0.2, 0.25) is 0 Å². The van der Waals surface area contributed by atoms with Crippen molar-refractivity contribution in [2.24, 2.45) is 0 Å². The minimum atomic E-state index is -4.26. The smallest absolute Gasteiger partial charge is 0.367 e. The van der Waals surface area contributed by atoms with E-state index in [1.165, 1.54) is 17.5 Å². The zero-order chi connectivity index (χ0) is 32.6. The zero-order valence-corrected chi connectivity index (χ0v) is 28.1. The highest BCUT2D eigenvalue weighted by Crippen LogP contribution is 2.34. The maximum absolute atomic E-state index is 12.9. The van der Waals surface area contributed by atoms with E-state index in [1.807, 2.05) is 10.7 Å². The van der Waals surface area contributed by atoms with Crippen molar-refractivity contribution in [2.75, 3.05) is 51.3 Å². The molecule has 5 heterocycles. The lowest BCUT2D eigenvalue weighted by Gasteiger charge is -2.34. The van der Waals surface area contributed by atoms with Gasteiger partial charge in [-0.05, 0) is 56.0 Å². The molecule has 244 valence electrons. The van der Waals surface area contributed by atoms with E-state index in [9.17, 15) is 23.0 Å². The van der Waals surface area contributed by atoms with Crippen LogP contribution in [-0.2, 0) is 24.1 Å². The first-order chi connectivity index (χ1) is 22.0. The summed E-state index contributed by atoms with van der Waals surface area (Å²) in [7, 11) is -1.30. The number of halogens is 3. The van der Waals surface area contributed by atoms with Gasteiger partial charge < -0.3 is 9.88 Å². The Morgan fingerprint density at radius 3 is 2.52 bits per heavy atom. The van der Waals surface area contributed by atoms with Crippen LogP contribution in [0.4, 0.5) is 19.0 Å². The molecule has 1 N–H and O–H groups in total. The van der Waals surface area contributed by atoms with E-state index < -0.39 is 20.5 Å². The molecule has 3 aromatic heterocycles. The van der Waals surface area contributed by atoms with Crippen LogP contribution >= 0.6 is 19.3 Å². The van der Waals surface area contributed by atoms with Crippen molar-refractivity contribution in [3.05, 3.63) is 52.3 Å².